The molecule has 2 heterocycles. The summed E-state index contributed by atoms with van der Waals surface area (Å²) >= 11 is 0. The van der Waals surface area contributed by atoms with Crippen molar-refractivity contribution in [2.45, 2.75) is 25.0 Å². The molecule has 20 heavy (non-hydrogen) atoms. The van der Waals surface area contributed by atoms with Crippen LogP contribution < -0.4 is 5.32 Å². The zero-order chi connectivity index (χ0) is 13.5. The molecule has 0 amide bonds. The number of nitrogens with zero attached hydrogens (tertiary/aromatic N) is 2. The van der Waals surface area contributed by atoms with Crippen LogP contribution in [0.2, 0.25) is 0 Å². The largest absolute Gasteiger partial charge is 0.382 e. The molecule has 2 rings (SSSR count). The maximum Gasteiger partial charge on any atom is 0.193 e. The molecule has 118 valence electrons. The van der Waals surface area contributed by atoms with Crippen molar-refractivity contribution in [1.29, 1.82) is 0 Å². The van der Waals surface area contributed by atoms with Crippen molar-refractivity contribution < 1.29 is 14.2 Å². The molecule has 0 aromatic heterocycles. The van der Waals surface area contributed by atoms with Gasteiger partial charge in [-0.3, -0.25) is 4.99 Å². The van der Waals surface area contributed by atoms with Gasteiger partial charge in [0.2, 0.25) is 0 Å². The Bertz CT molecular complexity index is 297. The second-order valence-corrected chi connectivity index (χ2v) is 4.96. The minimum atomic E-state index is 0. The Morgan fingerprint density at radius 3 is 2.80 bits per heavy atom. The summed E-state index contributed by atoms with van der Waals surface area (Å²) in [5, 5.41) is 3.40. The van der Waals surface area contributed by atoms with E-state index >= 15 is 0 Å². The molecular formula is C13H26IN3O3. The van der Waals surface area contributed by atoms with Gasteiger partial charge in [0.1, 0.15) is 0 Å². The molecule has 2 fully saturated rings. The Morgan fingerprint density at radius 2 is 2.15 bits per heavy atom. The van der Waals surface area contributed by atoms with Crippen LogP contribution in [0.5, 0.6) is 0 Å². The van der Waals surface area contributed by atoms with Crippen molar-refractivity contribution >= 4 is 29.9 Å². The van der Waals surface area contributed by atoms with Gasteiger partial charge in [0.25, 0.3) is 0 Å². The van der Waals surface area contributed by atoms with Gasteiger partial charge in [-0.05, 0) is 12.8 Å². The number of halogens is 1. The Kier molecular flexibility index (Phi) is 8.74. The summed E-state index contributed by atoms with van der Waals surface area (Å²) < 4.78 is 16.4. The fourth-order valence-corrected chi connectivity index (χ4v) is 2.54. The zero-order valence-corrected chi connectivity index (χ0v) is 14.7. The SMILES string of the molecule is CN=C(NCC1CCCO1)N1CCOC(COC)C1.I. The second-order valence-electron chi connectivity index (χ2n) is 4.96. The maximum absolute atomic E-state index is 5.65. The molecule has 0 saturated carbocycles. The molecule has 1 N–H and O–H groups in total. The molecule has 7 heteroatoms. The van der Waals surface area contributed by atoms with Crippen molar-refractivity contribution in [2.75, 3.05) is 53.6 Å². The highest BCUT2D eigenvalue weighted by molar-refractivity contribution is 14.0. The fourth-order valence-electron chi connectivity index (χ4n) is 2.54. The van der Waals surface area contributed by atoms with Crippen molar-refractivity contribution in [3.05, 3.63) is 0 Å². The minimum Gasteiger partial charge on any atom is -0.382 e. The molecule has 6 nitrogen and oxygen atoms in total. The quantitative estimate of drug-likeness (QED) is 0.429. The van der Waals surface area contributed by atoms with E-state index in [2.05, 4.69) is 15.2 Å². The number of methoxy groups -OCH3 is 1. The summed E-state index contributed by atoms with van der Waals surface area (Å²) in [6.45, 7) is 4.75. The predicted octanol–water partition coefficient (Wildman–Crippen LogP) is 0.706. The predicted molar refractivity (Wildman–Crippen MR) is 88.9 cm³/mol. The van der Waals surface area contributed by atoms with E-state index in [1.54, 1.807) is 7.11 Å². The van der Waals surface area contributed by atoms with Crippen LogP contribution >= 0.6 is 24.0 Å². The summed E-state index contributed by atoms with van der Waals surface area (Å²) in [6, 6.07) is 0. The summed E-state index contributed by atoms with van der Waals surface area (Å²) in [4.78, 5) is 6.57. The lowest BCUT2D eigenvalue weighted by Gasteiger charge is -2.35. The van der Waals surface area contributed by atoms with E-state index in [4.69, 9.17) is 14.2 Å². The molecule has 0 aromatic carbocycles. The monoisotopic (exact) mass is 399 g/mol. The molecular weight excluding hydrogens is 373 g/mol. The molecule has 0 radical (unpaired) electrons. The summed E-state index contributed by atoms with van der Waals surface area (Å²) in [7, 11) is 3.52. The standard InChI is InChI=1S/C13H25N3O3.HI/c1-14-13(15-8-11-4-3-6-18-11)16-5-7-19-12(9-16)10-17-2;/h11-12H,3-10H2,1-2H3,(H,14,15);1H. The van der Waals surface area contributed by atoms with Gasteiger partial charge in [-0.2, -0.15) is 0 Å². The van der Waals surface area contributed by atoms with E-state index in [9.17, 15) is 0 Å². The smallest absolute Gasteiger partial charge is 0.193 e. The average molecular weight is 399 g/mol. The van der Waals surface area contributed by atoms with Gasteiger partial charge in [0.15, 0.2) is 5.96 Å². The highest BCUT2D eigenvalue weighted by Crippen LogP contribution is 2.11. The molecule has 0 bridgehead atoms. The first-order valence-corrected chi connectivity index (χ1v) is 7.01. The first kappa shape index (κ1) is 17.9. The van der Waals surface area contributed by atoms with E-state index in [1.165, 1.54) is 6.42 Å². The van der Waals surface area contributed by atoms with Crippen molar-refractivity contribution in [2.24, 2.45) is 4.99 Å². The molecule has 0 aromatic rings. The number of rotatable bonds is 4. The molecule has 2 aliphatic heterocycles. The van der Waals surface area contributed by atoms with Crippen LogP contribution in [0.15, 0.2) is 4.99 Å². The molecule has 2 unspecified atom stereocenters. The number of ether oxygens (including phenoxy) is 3. The zero-order valence-electron chi connectivity index (χ0n) is 12.3. The van der Waals surface area contributed by atoms with Crippen LogP contribution in [0.4, 0.5) is 0 Å². The van der Waals surface area contributed by atoms with Crippen LogP contribution in [0.3, 0.4) is 0 Å². The molecule has 0 spiro atoms. The lowest BCUT2D eigenvalue weighted by Crippen LogP contribution is -2.52. The number of nitrogens with one attached hydrogen (secondary N) is 1. The van der Waals surface area contributed by atoms with Gasteiger partial charge < -0.3 is 24.4 Å². The van der Waals surface area contributed by atoms with Gasteiger partial charge in [0.05, 0.1) is 25.4 Å². The lowest BCUT2D eigenvalue weighted by molar-refractivity contribution is -0.0448. The first-order chi connectivity index (χ1) is 9.33. The van der Waals surface area contributed by atoms with Crippen LogP contribution in [0, 0.1) is 0 Å². The van der Waals surface area contributed by atoms with Crippen LogP contribution in [0.1, 0.15) is 12.8 Å². The Morgan fingerprint density at radius 1 is 1.35 bits per heavy atom. The summed E-state index contributed by atoms with van der Waals surface area (Å²) in [5.74, 6) is 0.930. The fraction of sp³-hybridized carbons (Fsp3) is 0.923. The third-order valence-electron chi connectivity index (χ3n) is 3.51. The van der Waals surface area contributed by atoms with Crippen LogP contribution in [-0.2, 0) is 14.2 Å². The topological polar surface area (TPSA) is 55.3 Å². The average Bonchev–Trinajstić information content (AvgIpc) is 2.94. The molecule has 2 aliphatic rings. The third kappa shape index (κ3) is 5.34. The molecule has 2 saturated heterocycles. The van der Waals surface area contributed by atoms with Gasteiger partial charge in [-0.1, -0.05) is 0 Å². The highest BCUT2D eigenvalue weighted by Gasteiger charge is 2.23. The third-order valence-corrected chi connectivity index (χ3v) is 3.51. The van der Waals surface area contributed by atoms with Crippen molar-refractivity contribution in [3.8, 4) is 0 Å². The number of hydrogen-bond donors (Lipinski definition) is 1. The van der Waals surface area contributed by atoms with E-state index < -0.39 is 0 Å². The lowest BCUT2D eigenvalue weighted by atomic mass is 10.2. The number of guanidine groups is 1. The maximum atomic E-state index is 5.65. The molecule has 0 aliphatic carbocycles. The first-order valence-electron chi connectivity index (χ1n) is 7.01. The van der Waals surface area contributed by atoms with Gasteiger partial charge in [-0.15, -0.1) is 24.0 Å². The summed E-state index contributed by atoms with van der Waals surface area (Å²) in [6.07, 6.45) is 2.75. The van der Waals surface area contributed by atoms with Crippen LogP contribution in [0.25, 0.3) is 0 Å². The van der Waals surface area contributed by atoms with Gasteiger partial charge in [-0.25, -0.2) is 0 Å². The molecule has 2 atom stereocenters. The Labute approximate surface area is 138 Å². The number of aliphatic imine (C=N–C) groups is 1. The second kappa shape index (κ2) is 9.75. The number of hydrogen-bond acceptors (Lipinski definition) is 4. The van der Waals surface area contributed by atoms with E-state index in [0.29, 0.717) is 19.3 Å². The van der Waals surface area contributed by atoms with E-state index in [0.717, 1.165) is 38.6 Å². The van der Waals surface area contributed by atoms with Crippen molar-refractivity contribution in [1.82, 2.24) is 10.2 Å². The van der Waals surface area contributed by atoms with Gasteiger partial charge in [0, 0.05) is 40.4 Å². The summed E-state index contributed by atoms with van der Waals surface area (Å²) in [5.41, 5.74) is 0. The Balaban J connectivity index is 0.00000200. The normalized spacial score (nSPS) is 27.3. The van der Waals surface area contributed by atoms with Crippen LogP contribution in [-0.4, -0.2) is 76.7 Å². The Hall–Kier alpha value is -0.120. The van der Waals surface area contributed by atoms with Gasteiger partial charge >= 0.3 is 0 Å². The minimum absolute atomic E-state index is 0. The van der Waals surface area contributed by atoms with E-state index in [1.807, 2.05) is 7.05 Å². The number of morpholine rings is 1. The highest BCUT2D eigenvalue weighted by atomic mass is 127. The van der Waals surface area contributed by atoms with E-state index in [-0.39, 0.29) is 30.1 Å². The van der Waals surface area contributed by atoms with Crippen molar-refractivity contribution in [3.63, 3.8) is 0 Å².